The molecular weight excluding hydrogens is 308 g/mol. The highest BCUT2D eigenvalue weighted by molar-refractivity contribution is 7.88. The molecule has 2 fully saturated rings. The van der Waals surface area contributed by atoms with Crippen molar-refractivity contribution < 1.29 is 8.42 Å². The standard InChI is InChI=1S/C18H28N2O2S/c1-18(2)16(15-7-5-4-6-8-15)11-17(18)19-12-14-9-10-20(13-14)23(3,21)22/h4-8,14,16-17,19H,9-13H2,1-3H3/t14-,16-,17-/m1/s1. The van der Waals surface area contributed by atoms with Gasteiger partial charge in [0.15, 0.2) is 0 Å². The molecule has 1 heterocycles. The molecule has 3 atom stereocenters. The maximum atomic E-state index is 11.6. The largest absolute Gasteiger partial charge is 0.313 e. The van der Waals surface area contributed by atoms with E-state index >= 15 is 0 Å². The van der Waals surface area contributed by atoms with Crippen molar-refractivity contribution in [3.63, 3.8) is 0 Å². The maximum absolute atomic E-state index is 11.6. The van der Waals surface area contributed by atoms with Gasteiger partial charge in [0.2, 0.25) is 10.0 Å². The topological polar surface area (TPSA) is 49.4 Å². The number of nitrogens with one attached hydrogen (secondary N) is 1. The molecule has 2 aliphatic rings. The Hall–Kier alpha value is -0.910. The molecule has 1 N–H and O–H groups in total. The summed E-state index contributed by atoms with van der Waals surface area (Å²) in [4.78, 5) is 0. The highest BCUT2D eigenvalue weighted by Crippen LogP contribution is 2.52. The van der Waals surface area contributed by atoms with Gasteiger partial charge in [0.1, 0.15) is 0 Å². The number of nitrogens with zero attached hydrogens (tertiary/aromatic N) is 1. The summed E-state index contributed by atoms with van der Waals surface area (Å²) in [5.74, 6) is 1.05. The molecular formula is C18H28N2O2S. The van der Waals surface area contributed by atoms with E-state index in [1.54, 1.807) is 4.31 Å². The highest BCUT2D eigenvalue weighted by Gasteiger charge is 2.48. The Kier molecular flexibility index (Phi) is 4.55. The van der Waals surface area contributed by atoms with E-state index in [4.69, 9.17) is 0 Å². The molecule has 1 saturated heterocycles. The van der Waals surface area contributed by atoms with Crippen LogP contribution in [0, 0.1) is 11.3 Å². The fourth-order valence-electron chi connectivity index (χ4n) is 4.10. The first-order valence-corrected chi connectivity index (χ1v) is 10.4. The van der Waals surface area contributed by atoms with Crippen molar-refractivity contribution in [3.05, 3.63) is 35.9 Å². The van der Waals surface area contributed by atoms with Crippen LogP contribution in [0.5, 0.6) is 0 Å². The zero-order valence-electron chi connectivity index (χ0n) is 14.3. The molecule has 1 aromatic rings. The lowest BCUT2D eigenvalue weighted by Gasteiger charge is -2.53. The van der Waals surface area contributed by atoms with Crippen LogP contribution in [0.15, 0.2) is 30.3 Å². The van der Waals surface area contributed by atoms with Gasteiger partial charge in [0.05, 0.1) is 6.26 Å². The maximum Gasteiger partial charge on any atom is 0.211 e. The minimum atomic E-state index is -3.03. The van der Waals surface area contributed by atoms with Crippen molar-refractivity contribution in [2.75, 3.05) is 25.9 Å². The van der Waals surface area contributed by atoms with E-state index in [1.165, 1.54) is 18.2 Å². The van der Waals surface area contributed by atoms with Gasteiger partial charge in [-0.3, -0.25) is 0 Å². The lowest BCUT2D eigenvalue weighted by molar-refractivity contribution is 0.0664. The fourth-order valence-corrected chi connectivity index (χ4v) is 5.02. The second-order valence-electron chi connectivity index (χ2n) is 7.76. The lowest BCUT2D eigenvalue weighted by atomic mass is 9.56. The summed E-state index contributed by atoms with van der Waals surface area (Å²) in [7, 11) is -3.03. The van der Waals surface area contributed by atoms with Crippen LogP contribution in [0.1, 0.15) is 38.2 Å². The molecule has 23 heavy (non-hydrogen) atoms. The van der Waals surface area contributed by atoms with Crippen LogP contribution in [0.2, 0.25) is 0 Å². The predicted octanol–water partition coefficient (Wildman–Crippen LogP) is 2.44. The van der Waals surface area contributed by atoms with Gasteiger partial charge in [-0.15, -0.1) is 0 Å². The van der Waals surface area contributed by atoms with Crippen molar-refractivity contribution >= 4 is 10.0 Å². The molecule has 4 nitrogen and oxygen atoms in total. The minimum absolute atomic E-state index is 0.247. The van der Waals surface area contributed by atoms with Gasteiger partial charge in [-0.2, -0.15) is 0 Å². The summed E-state index contributed by atoms with van der Waals surface area (Å²) in [6, 6.07) is 11.3. The lowest BCUT2D eigenvalue weighted by Crippen LogP contribution is -2.56. The summed E-state index contributed by atoms with van der Waals surface area (Å²) in [6.07, 6.45) is 3.44. The molecule has 1 aromatic carbocycles. The number of rotatable bonds is 5. The molecule has 128 valence electrons. The fraction of sp³-hybridized carbons (Fsp3) is 0.667. The average molecular weight is 337 g/mol. The van der Waals surface area contributed by atoms with Crippen molar-refractivity contribution in [2.45, 2.75) is 38.6 Å². The van der Waals surface area contributed by atoms with Crippen LogP contribution in [-0.4, -0.2) is 44.7 Å². The van der Waals surface area contributed by atoms with E-state index < -0.39 is 10.0 Å². The summed E-state index contributed by atoms with van der Waals surface area (Å²) in [6.45, 7) is 6.93. The zero-order valence-corrected chi connectivity index (χ0v) is 15.1. The number of hydrogen-bond acceptors (Lipinski definition) is 3. The van der Waals surface area contributed by atoms with Gasteiger partial charge in [-0.25, -0.2) is 12.7 Å². The van der Waals surface area contributed by atoms with E-state index in [9.17, 15) is 8.42 Å². The van der Waals surface area contributed by atoms with E-state index in [0.717, 1.165) is 13.0 Å². The van der Waals surface area contributed by atoms with Crippen molar-refractivity contribution in [1.29, 1.82) is 0 Å². The van der Waals surface area contributed by atoms with E-state index in [-0.39, 0.29) is 5.41 Å². The van der Waals surface area contributed by atoms with E-state index in [0.29, 0.717) is 31.0 Å². The van der Waals surface area contributed by atoms with Crippen LogP contribution in [0.4, 0.5) is 0 Å². The van der Waals surface area contributed by atoms with Crippen molar-refractivity contribution in [1.82, 2.24) is 9.62 Å². The number of hydrogen-bond donors (Lipinski definition) is 1. The molecule has 1 aliphatic heterocycles. The molecule has 0 radical (unpaired) electrons. The molecule has 3 rings (SSSR count). The van der Waals surface area contributed by atoms with Crippen LogP contribution in [-0.2, 0) is 10.0 Å². The third-order valence-electron chi connectivity index (χ3n) is 5.84. The Bertz CT molecular complexity index is 642. The Labute approximate surface area is 140 Å². The Balaban J connectivity index is 1.51. The van der Waals surface area contributed by atoms with Gasteiger partial charge in [-0.05, 0) is 42.2 Å². The molecule has 0 bridgehead atoms. The summed E-state index contributed by atoms with van der Waals surface area (Å²) < 4.78 is 24.8. The summed E-state index contributed by atoms with van der Waals surface area (Å²) in [5.41, 5.74) is 1.68. The molecule has 0 aromatic heterocycles. The van der Waals surface area contributed by atoms with Gasteiger partial charge in [0, 0.05) is 19.1 Å². The van der Waals surface area contributed by atoms with E-state index in [1.807, 2.05) is 0 Å². The van der Waals surface area contributed by atoms with Crippen LogP contribution < -0.4 is 5.32 Å². The monoisotopic (exact) mass is 336 g/mol. The Morgan fingerprint density at radius 1 is 1.26 bits per heavy atom. The molecule has 0 unspecified atom stereocenters. The average Bonchev–Trinajstić information content (AvgIpc) is 2.96. The first-order chi connectivity index (χ1) is 10.8. The van der Waals surface area contributed by atoms with Crippen LogP contribution >= 0.6 is 0 Å². The molecule has 0 amide bonds. The summed E-state index contributed by atoms with van der Waals surface area (Å²) >= 11 is 0. The Morgan fingerprint density at radius 3 is 2.52 bits per heavy atom. The molecule has 1 saturated carbocycles. The van der Waals surface area contributed by atoms with Gasteiger partial charge in [-0.1, -0.05) is 44.2 Å². The smallest absolute Gasteiger partial charge is 0.211 e. The predicted molar refractivity (Wildman–Crippen MR) is 93.9 cm³/mol. The first-order valence-electron chi connectivity index (χ1n) is 8.52. The van der Waals surface area contributed by atoms with Crippen LogP contribution in [0.3, 0.4) is 0 Å². The van der Waals surface area contributed by atoms with Crippen molar-refractivity contribution in [2.24, 2.45) is 11.3 Å². The molecule has 5 heteroatoms. The minimum Gasteiger partial charge on any atom is -0.313 e. The first kappa shape index (κ1) is 16.9. The van der Waals surface area contributed by atoms with Gasteiger partial charge >= 0.3 is 0 Å². The zero-order chi connectivity index (χ0) is 16.7. The van der Waals surface area contributed by atoms with E-state index in [2.05, 4.69) is 49.5 Å². The summed E-state index contributed by atoms with van der Waals surface area (Å²) in [5, 5.41) is 3.70. The Morgan fingerprint density at radius 2 is 1.96 bits per heavy atom. The highest BCUT2D eigenvalue weighted by atomic mass is 32.2. The normalized spacial score (nSPS) is 31.0. The second kappa shape index (κ2) is 6.19. The number of benzene rings is 1. The molecule has 1 aliphatic carbocycles. The SMILES string of the molecule is CC1(C)[C@@H](c2ccccc2)C[C@H]1NC[C@H]1CCN(S(C)(=O)=O)C1. The quantitative estimate of drug-likeness (QED) is 0.898. The van der Waals surface area contributed by atoms with Crippen molar-refractivity contribution in [3.8, 4) is 0 Å². The molecule has 0 spiro atoms. The third-order valence-corrected chi connectivity index (χ3v) is 7.11. The van der Waals surface area contributed by atoms with Gasteiger partial charge in [0.25, 0.3) is 0 Å². The van der Waals surface area contributed by atoms with Crippen LogP contribution in [0.25, 0.3) is 0 Å². The number of sulfonamides is 1. The van der Waals surface area contributed by atoms with Gasteiger partial charge < -0.3 is 5.32 Å². The third kappa shape index (κ3) is 3.47. The second-order valence-corrected chi connectivity index (χ2v) is 9.74.